The maximum Gasteiger partial charge on any atom is 0.182 e. The molecule has 1 aromatic heterocycles. The van der Waals surface area contributed by atoms with Gasteiger partial charge in [0.2, 0.25) is 0 Å². The second kappa shape index (κ2) is 5.48. The third kappa shape index (κ3) is 2.77. The summed E-state index contributed by atoms with van der Waals surface area (Å²) in [5.41, 5.74) is 13.7. The number of nitrogen functional groups attached to an aromatic ring is 2. The number of tetrazole rings is 1. The Bertz CT molecular complexity index is 499. The number of aryl methyl sites for hydroxylation is 1. The van der Waals surface area contributed by atoms with Crippen LogP contribution in [0.2, 0.25) is 0 Å². The molecule has 2 aromatic rings. The molecule has 0 aliphatic carbocycles. The zero-order chi connectivity index (χ0) is 13.0. The largest absolute Gasteiger partial charge is 0.399 e. The van der Waals surface area contributed by atoms with Crippen molar-refractivity contribution in [1.29, 1.82) is 0 Å². The Morgan fingerprint density at radius 1 is 1.11 bits per heavy atom. The summed E-state index contributed by atoms with van der Waals surface area (Å²) < 4.78 is 1.80. The van der Waals surface area contributed by atoms with Gasteiger partial charge in [0.25, 0.3) is 0 Å². The first-order valence-electron chi connectivity index (χ1n) is 6.13. The van der Waals surface area contributed by atoms with Gasteiger partial charge in [0.1, 0.15) is 0 Å². The average Bonchev–Trinajstić information content (AvgIpc) is 2.76. The predicted molar refractivity (Wildman–Crippen MR) is 71.6 cm³/mol. The molecule has 0 saturated heterocycles. The molecule has 0 amide bonds. The van der Waals surface area contributed by atoms with Gasteiger partial charge in [-0.3, -0.25) is 0 Å². The number of rotatable bonds is 5. The first kappa shape index (κ1) is 12.3. The van der Waals surface area contributed by atoms with Gasteiger partial charge in [-0.1, -0.05) is 19.8 Å². The highest BCUT2D eigenvalue weighted by molar-refractivity contribution is 5.67. The van der Waals surface area contributed by atoms with Gasteiger partial charge in [0, 0.05) is 23.5 Å². The van der Waals surface area contributed by atoms with Crippen molar-refractivity contribution in [2.24, 2.45) is 0 Å². The van der Waals surface area contributed by atoms with Gasteiger partial charge in [0.15, 0.2) is 5.82 Å². The van der Waals surface area contributed by atoms with Crippen molar-refractivity contribution in [3.8, 4) is 11.4 Å². The van der Waals surface area contributed by atoms with Crippen LogP contribution in [0.25, 0.3) is 11.4 Å². The fourth-order valence-corrected chi connectivity index (χ4v) is 1.88. The smallest absolute Gasteiger partial charge is 0.182 e. The van der Waals surface area contributed by atoms with Gasteiger partial charge in [-0.15, -0.1) is 5.10 Å². The minimum absolute atomic E-state index is 0.619. The number of unbranched alkanes of at least 4 members (excludes halogenated alkanes) is 2. The molecule has 0 aliphatic rings. The number of aromatic nitrogens is 4. The molecule has 0 atom stereocenters. The van der Waals surface area contributed by atoms with E-state index in [1.807, 2.05) is 12.1 Å². The Morgan fingerprint density at radius 3 is 2.50 bits per heavy atom. The van der Waals surface area contributed by atoms with Crippen LogP contribution < -0.4 is 11.5 Å². The van der Waals surface area contributed by atoms with Gasteiger partial charge in [-0.05, 0) is 35.0 Å². The SMILES string of the molecule is CCCCCn1nnnc1-c1cc(N)cc(N)c1. The molecular weight excluding hydrogens is 228 g/mol. The lowest BCUT2D eigenvalue weighted by Gasteiger charge is -2.06. The lowest BCUT2D eigenvalue weighted by Crippen LogP contribution is -2.03. The van der Waals surface area contributed by atoms with E-state index in [1.165, 1.54) is 12.8 Å². The molecule has 0 saturated carbocycles. The molecule has 96 valence electrons. The predicted octanol–water partition coefficient (Wildman–Crippen LogP) is 1.69. The Labute approximate surface area is 106 Å². The lowest BCUT2D eigenvalue weighted by molar-refractivity contribution is 0.541. The standard InChI is InChI=1S/C12H18N6/c1-2-3-4-5-18-12(15-16-17-18)9-6-10(13)8-11(14)7-9/h6-8H,2-5,13-14H2,1H3. The molecule has 0 unspecified atom stereocenters. The second-order valence-electron chi connectivity index (χ2n) is 4.32. The van der Waals surface area contributed by atoms with Crippen molar-refractivity contribution in [3.05, 3.63) is 18.2 Å². The summed E-state index contributed by atoms with van der Waals surface area (Å²) in [4.78, 5) is 0. The normalized spacial score (nSPS) is 10.7. The average molecular weight is 246 g/mol. The van der Waals surface area contributed by atoms with Crippen LogP contribution in [0.5, 0.6) is 0 Å². The first-order chi connectivity index (χ1) is 8.70. The number of anilines is 2. The summed E-state index contributed by atoms with van der Waals surface area (Å²) in [6, 6.07) is 5.38. The Kier molecular flexibility index (Phi) is 3.76. The van der Waals surface area contributed by atoms with Crippen LogP contribution >= 0.6 is 0 Å². The molecule has 18 heavy (non-hydrogen) atoms. The molecular formula is C12H18N6. The molecule has 0 radical (unpaired) electrons. The van der Waals surface area contributed by atoms with Crippen LogP contribution in [-0.2, 0) is 6.54 Å². The quantitative estimate of drug-likeness (QED) is 0.618. The molecule has 0 aliphatic heterocycles. The fraction of sp³-hybridized carbons (Fsp3) is 0.417. The number of hydrogen-bond acceptors (Lipinski definition) is 5. The zero-order valence-electron chi connectivity index (χ0n) is 10.5. The summed E-state index contributed by atoms with van der Waals surface area (Å²) in [6.07, 6.45) is 3.40. The van der Waals surface area contributed by atoms with E-state index < -0.39 is 0 Å². The van der Waals surface area contributed by atoms with Crippen LogP contribution in [-0.4, -0.2) is 20.2 Å². The Hall–Kier alpha value is -2.11. The molecule has 6 heteroatoms. The van der Waals surface area contributed by atoms with Crippen LogP contribution in [0, 0.1) is 0 Å². The van der Waals surface area contributed by atoms with E-state index in [1.54, 1.807) is 10.7 Å². The molecule has 4 N–H and O–H groups in total. The monoisotopic (exact) mass is 246 g/mol. The van der Waals surface area contributed by atoms with Crippen LogP contribution in [0.1, 0.15) is 26.2 Å². The fourth-order valence-electron chi connectivity index (χ4n) is 1.88. The van der Waals surface area contributed by atoms with E-state index in [-0.39, 0.29) is 0 Å². The van der Waals surface area contributed by atoms with E-state index >= 15 is 0 Å². The van der Waals surface area contributed by atoms with Gasteiger partial charge in [-0.2, -0.15) is 0 Å². The summed E-state index contributed by atoms with van der Waals surface area (Å²) in [7, 11) is 0. The highest BCUT2D eigenvalue weighted by Gasteiger charge is 2.09. The van der Waals surface area contributed by atoms with Crippen molar-refractivity contribution in [3.63, 3.8) is 0 Å². The first-order valence-corrected chi connectivity index (χ1v) is 6.13. The zero-order valence-corrected chi connectivity index (χ0v) is 10.5. The number of nitrogens with zero attached hydrogens (tertiary/aromatic N) is 4. The molecule has 0 spiro atoms. The molecule has 1 aromatic carbocycles. The summed E-state index contributed by atoms with van der Waals surface area (Å²) in [6.45, 7) is 2.98. The van der Waals surface area contributed by atoms with Crippen molar-refractivity contribution >= 4 is 11.4 Å². The van der Waals surface area contributed by atoms with E-state index in [9.17, 15) is 0 Å². The second-order valence-corrected chi connectivity index (χ2v) is 4.32. The van der Waals surface area contributed by atoms with E-state index in [0.717, 1.165) is 18.5 Å². The summed E-state index contributed by atoms with van der Waals surface area (Å²) in [5.74, 6) is 0.713. The maximum absolute atomic E-state index is 5.78. The van der Waals surface area contributed by atoms with Gasteiger partial charge in [-0.25, -0.2) is 4.68 Å². The molecule has 1 heterocycles. The minimum Gasteiger partial charge on any atom is -0.399 e. The number of hydrogen-bond donors (Lipinski definition) is 2. The van der Waals surface area contributed by atoms with Crippen molar-refractivity contribution < 1.29 is 0 Å². The third-order valence-corrected chi connectivity index (χ3v) is 2.74. The number of nitrogens with two attached hydrogens (primary N) is 2. The molecule has 0 fully saturated rings. The molecule has 6 nitrogen and oxygen atoms in total. The number of benzene rings is 1. The molecule has 0 bridgehead atoms. The Balaban J connectivity index is 2.24. The van der Waals surface area contributed by atoms with Gasteiger partial charge < -0.3 is 11.5 Å². The van der Waals surface area contributed by atoms with Crippen LogP contribution in [0.4, 0.5) is 11.4 Å². The Morgan fingerprint density at radius 2 is 1.83 bits per heavy atom. The summed E-state index contributed by atoms with van der Waals surface area (Å²) >= 11 is 0. The van der Waals surface area contributed by atoms with Gasteiger partial charge in [0.05, 0.1) is 0 Å². The van der Waals surface area contributed by atoms with Crippen molar-refractivity contribution in [2.45, 2.75) is 32.7 Å². The van der Waals surface area contributed by atoms with Crippen molar-refractivity contribution in [1.82, 2.24) is 20.2 Å². The van der Waals surface area contributed by atoms with Crippen LogP contribution in [0.15, 0.2) is 18.2 Å². The molecule has 2 rings (SSSR count). The lowest BCUT2D eigenvalue weighted by atomic mass is 10.1. The minimum atomic E-state index is 0.619. The highest BCUT2D eigenvalue weighted by Crippen LogP contribution is 2.22. The van der Waals surface area contributed by atoms with Crippen molar-refractivity contribution in [2.75, 3.05) is 11.5 Å². The van der Waals surface area contributed by atoms with Crippen LogP contribution in [0.3, 0.4) is 0 Å². The maximum atomic E-state index is 5.78. The topological polar surface area (TPSA) is 95.6 Å². The summed E-state index contributed by atoms with van der Waals surface area (Å²) in [5, 5.41) is 11.8. The van der Waals surface area contributed by atoms with Gasteiger partial charge >= 0.3 is 0 Å². The highest BCUT2D eigenvalue weighted by atomic mass is 15.5. The van der Waals surface area contributed by atoms with E-state index in [4.69, 9.17) is 11.5 Å². The third-order valence-electron chi connectivity index (χ3n) is 2.74. The van der Waals surface area contributed by atoms with E-state index in [2.05, 4.69) is 22.4 Å². The van der Waals surface area contributed by atoms with E-state index in [0.29, 0.717) is 17.2 Å².